The van der Waals surface area contributed by atoms with Gasteiger partial charge in [-0.2, -0.15) is 0 Å². The summed E-state index contributed by atoms with van der Waals surface area (Å²) >= 11 is 6.07. The number of hydrogen-bond donors (Lipinski definition) is 2. The Morgan fingerprint density at radius 1 is 1.57 bits per heavy atom. The fourth-order valence-corrected chi connectivity index (χ4v) is 2.58. The average molecular weight is 312 g/mol. The van der Waals surface area contributed by atoms with Gasteiger partial charge in [0.05, 0.1) is 11.6 Å². The normalized spacial score (nSPS) is 19.7. The standard InChI is InChI=1S/C15H22ClN3O2/c1-10(2)19-5-6-20-12(8-19)9-21-11-3-4-13(15(17)18)14(16)7-11/h3-4,7,10,12H,5-6,8-9H2,1-2H3,(H3,17,18). The summed E-state index contributed by atoms with van der Waals surface area (Å²) in [7, 11) is 0. The van der Waals surface area contributed by atoms with Crippen molar-refractivity contribution in [3.05, 3.63) is 28.8 Å². The van der Waals surface area contributed by atoms with Crippen LogP contribution in [-0.2, 0) is 4.74 Å². The lowest BCUT2D eigenvalue weighted by molar-refractivity contribution is -0.0564. The van der Waals surface area contributed by atoms with E-state index in [0.29, 0.717) is 29.0 Å². The molecule has 0 bridgehead atoms. The van der Waals surface area contributed by atoms with Crippen molar-refractivity contribution >= 4 is 17.4 Å². The fraction of sp³-hybridized carbons (Fsp3) is 0.533. The van der Waals surface area contributed by atoms with Gasteiger partial charge in [-0.1, -0.05) is 11.6 Å². The van der Waals surface area contributed by atoms with Crippen LogP contribution in [0.25, 0.3) is 0 Å². The van der Waals surface area contributed by atoms with Crippen molar-refractivity contribution in [3.8, 4) is 5.75 Å². The van der Waals surface area contributed by atoms with Gasteiger partial charge in [-0.3, -0.25) is 10.3 Å². The molecular formula is C15H22ClN3O2. The highest BCUT2D eigenvalue weighted by Gasteiger charge is 2.22. The van der Waals surface area contributed by atoms with Crippen LogP contribution in [0.5, 0.6) is 5.75 Å². The molecule has 116 valence electrons. The highest BCUT2D eigenvalue weighted by Crippen LogP contribution is 2.22. The molecule has 0 amide bonds. The second-order valence-electron chi connectivity index (χ2n) is 5.45. The van der Waals surface area contributed by atoms with Gasteiger partial charge >= 0.3 is 0 Å². The number of benzene rings is 1. The zero-order chi connectivity index (χ0) is 15.4. The second-order valence-corrected chi connectivity index (χ2v) is 5.86. The van der Waals surface area contributed by atoms with Crippen LogP contribution >= 0.6 is 11.6 Å². The lowest BCUT2D eigenvalue weighted by Crippen LogP contribution is -2.47. The van der Waals surface area contributed by atoms with Gasteiger partial charge in [0.2, 0.25) is 0 Å². The zero-order valence-electron chi connectivity index (χ0n) is 12.4. The Hall–Kier alpha value is -1.30. The van der Waals surface area contributed by atoms with E-state index in [-0.39, 0.29) is 11.9 Å². The second kappa shape index (κ2) is 7.11. The third kappa shape index (κ3) is 4.33. The van der Waals surface area contributed by atoms with Crippen molar-refractivity contribution in [2.24, 2.45) is 5.73 Å². The molecule has 1 aliphatic heterocycles. The van der Waals surface area contributed by atoms with Crippen LogP contribution in [-0.4, -0.2) is 49.2 Å². The van der Waals surface area contributed by atoms with Gasteiger partial charge in [0.25, 0.3) is 0 Å². The Balaban J connectivity index is 1.91. The van der Waals surface area contributed by atoms with Crippen molar-refractivity contribution in [2.45, 2.75) is 26.0 Å². The van der Waals surface area contributed by atoms with Crippen LogP contribution in [0.3, 0.4) is 0 Å². The lowest BCUT2D eigenvalue weighted by Gasteiger charge is -2.35. The number of nitrogens with one attached hydrogen (secondary N) is 1. The van der Waals surface area contributed by atoms with E-state index in [1.54, 1.807) is 18.2 Å². The number of halogens is 1. The molecule has 0 radical (unpaired) electrons. The molecule has 0 aliphatic carbocycles. The Morgan fingerprint density at radius 2 is 2.33 bits per heavy atom. The minimum Gasteiger partial charge on any atom is -0.491 e. The van der Waals surface area contributed by atoms with Crippen molar-refractivity contribution in [1.82, 2.24) is 4.90 Å². The molecule has 1 aliphatic rings. The first-order chi connectivity index (χ1) is 9.97. The van der Waals surface area contributed by atoms with Crippen LogP contribution in [0.15, 0.2) is 18.2 Å². The highest BCUT2D eigenvalue weighted by atomic mass is 35.5. The van der Waals surface area contributed by atoms with Crippen LogP contribution < -0.4 is 10.5 Å². The summed E-state index contributed by atoms with van der Waals surface area (Å²) in [5.41, 5.74) is 5.95. The van der Waals surface area contributed by atoms with Gasteiger partial charge in [-0.25, -0.2) is 0 Å². The molecule has 1 aromatic rings. The van der Waals surface area contributed by atoms with Gasteiger partial charge in [-0.05, 0) is 32.0 Å². The highest BCUT2D eigenvalue weighted by molar-refractivity contribution is 6.34. The van der Waals surface area contributed by atoms with Gasteiger partial charge in [-0.15, -0.1) is 0 Å². The topological polar surface area (TPSA) is 71.6 Å². The maximum Gasteiger partial charge on any atom is 0.124 e. The molecule has 2 rings (SSSR count). The molecule has 1 aromatic carbocycles. The van der Waals surface area contributed by atoms with E-state index in [2.05, 4.69) is 18.7 Å². The molecule has 0 aromatic heterocycles. The predicted octanol–water partition coefficient (Wildman–Crippen LogP) is 2.11. The Morgan fingerprint density at radius 3 is 2.95 bits per heavy atom. The number of hydrogen-bond acceptors (Lipinski definition) is 4. The van der Waals surface area contributed by atoms with Crippen LogP contribution in [0.4, 0.5) is 0 Å². The molecule has 6 heteroatoms. The van der Waals surface area contributed by atoms with Gasteiger partial charge in [0.15, 0.2) is 0 Å². The average Bonchev–Trinajstić information content (AvgIpc) is 2.45. The minimum atomic E-state index is -0.0465. The van der Waals surface area contributed by atoms with Gasteiger partial charge < -0.3 is 15.2 Å². The molecule has 3 N–H and O–H groups in total. The SMILES string of the molecule is CC(C)N1CCOC(COc2ccc(C(=N)N)c(Cl)c2)C1. The first kappa shape index (κ1) is 16.1. The van der Waals surface area contributed by atoms with Crippen molar-refractivity contribution in [1.29, 1.82) is 5.41 Å². The van der Waals surface area contributed by atoms with E-state index < -0.39 is 0 Å². The molecule has 1 atom stereocenters. The van der Waals surface area contributed by atoms with Crippen molar-refractivity contribution in [2.75, 3.05) is 26.3 Å². The fourth-order valence-electron chi connectivity index (χ4n) is 2.31. The molecule has 0 saturated carbocycles. The summed E-state index contributed by atoms with van der Waals surface area (Å²) in [6.45, 7) is 7.42. The van der Waals surface area contributed by atoms with Crippen LogP contribution in [0.1, 0.15) is 19.4 Å². The summed E-state index contributed by atoms with van der Waals surface area (Å²) in [5.74, 6) is 0.616. The predicted molar refractivity (Wildman–Crippen MR) is 84.4 cm³/mol. The van der Waals surface area contributed by atoms with Crippen LogP contribution in [0, 0.1) is 5.41 Å². The van der Waals surface area contributed by atoms with E-state index >= 15 is 0 Å². The van der Waals surface area contributed by atoms with Gasteiger partial charge in [0.1, 0.15) is 24.3 Å². The smallest absolute Gasteiger partial charge is 0.124 e. The number of nitrogens with two attached hydrogens (primary N) is 1. The quantitative estimate of drug-likeness (QED) is 0.645. The molecular weight excluding hydrogens is 290 g/mol. The third-order valence-electron chi connectivity index (χ3n) is 3.57. The number of amidine groups is 1. The molecule has 5 nitrogen and oxygen atoms in total. The van der Waals surface area contributed by atoms with E-state index in [1.807, 2.05) is 0 Å². The summed E-state index contributed by atoms with van der Waals surface area (Å²) in [6.07, 6.45) is 0.0624. The van der Waals surface area contributed by atoms with E-state index in [9.17, 15) is 0 Å². The summed E-state index contributed by atoms with van der Waals surface area (Å²) in [6, 6.07) is 5.66. The lowest BCUT2D eigenvalue weighted by atomic mass is 10.2. The maximum atomic E-state index is 7.40. The molecule has 1 heterocycles. The minimum absolute atomic E-state index is 0.0465. The zero-order valence-corrected chi connectivity index (χ0v) is 13.2. The first-order valence-corrected chi connectivity index (χ1v) is 7.47. The third-order valence-corrected chi connectivity index (χ3v) is 3.88. The van der Waals surface area contributed by atoms with E-state index in [0.717, 1.165) is 19.7 Å². The summed E-state index contributed by atoms with van der Waals surface area (Å²) in [4.78, 5) is 2.38. The summed E-state index contributed by atoms with van der Waals surface area (Å²) < 4.78 is 11.5. The van der Waals surface area contributed by atoms with Crippen molar-refractivity contribution < 1.29 is 9.47 Å². The number of morpholine rings is 1. The molecule has 1 unspecified atom stereocenters. The van der Waals surface area contributed by atoms with Gasteiger partial charge in [0, 0.05) is 24.7 Å². The number of nitrogens with zero attached hydrogens (tertiary/aromatic N) is 1. The molecule has 0 spiro atoms. The maximum absolute atomic E-state index is 7.40. The Kier molecular flexibility index (Phi) is 5.45. The Bertz CT molecular complexity index is 508. The van der Waals surface area contributed by atoms with Crippen LogP contribution in [0.2, 0.25) is 5.02 Å². The molecule has 1 saturated heterocycles. The van der Waals surface area contributed by atoms with E-state index in [4.69, 9.17) is 32.2 Å². The van der Waals surface area contributed by atoms with Crippen molar-refractivity contribution in [3.63, 3.8) is 0 Å². The van der Waals surface area contributed by atoms with E-state index in [1.165, 1.54) is 0 Å². The monoisotopic (exact) mass is 311 g/mol. The number of rotatable bonds is 5. The molecule has 1 fully saturated rings. The summed E-state index contributed by atoms with van der Waals surface area (Å²) in [5, 5.41) is 7.82. The Labute approximate surface area is 130 Å². The number of ether oxygens (including phenoxy) is 2. The largest absolute Gasteiger partial charge is 0.491 e. The first-order valence-electron chi connectivity index (χ1n) is 7.09. The molecule has 21 heavy (non-hydrogen) atoms. The number of nitrogen functional groups attached to an aromatic ring is 1.